The molecule has 0 aromatic carbocycles. The molecule has 2 heteroatoms. The lowest BCUT2D eigenvalue weighted by molar-refractivity contribution is -0.00411. The normalized spacial score (nSPS) is 32.6. The van der Waals surface area contributed by atoms with Crippen LogP contribution in [0.2, 0.25) is 0 Å². The molecule has 1 aliphatic carbocycles. The molecule has 0 spiro atoms. The van der Waals surface area contributed by atoms with Crippen LogP contribution in [0.15, 0.2) is 0 Å². The highest BCUT2D eigenvalue weighted by Crippen LogP contribution is 2.30. The molecular formula is C14H28O2. The number of hydrogen-bond acceptors (Lipinski definition) is 2. The van der Waals surface area contributed by atoms with Gasteiger partial charge in [-0.1, -0.05) is 20.8 Å². The minimum absolute atomic E-state index is 0.132. The van der Waals surface area contributed by atoms with Crippen LogP contribution in [-0.2, 0) is 4.74 Å². The van der Waals surface area contributed by atoms with Crippen molar-refractivity contribution in [3.63, 3.8) is 0 Å². The lowest BCUT2D eigenvalue weighted by Gasteiger charge is -2.31. The predicted molar refractivity (Wildman–Crippen MR) is 67.5 cm³/mol. The van der Waals surface area contributed by atoms with E-state index in [9.17, 15) is 5.11 Å². The molecule has 3 unspecified atom stereocenters. The van der Waals surface area contributed by atoms with Gasteiger partial charge in [0.25, 0.3) is 0 Å². The summed E-state index contributed by atoms with van der Waals surface area (Å²) in [7, 11) is 0. The highest BCUT2D eigenvalue weighted by Gasteiger charge is 2.24. The van der Waals surface area contributed by atoms with Gasteiger partial charge in [0.15, 0.2) is 0 Å². The van der Waals surface area contributed by atoms with Gasteiger partial charge in [-0.15, -0.1) is 0 Å². The maximum atomic E-state index is 9.42. The van der Waals surface area contributed by atoms with E-state index in [4.69, 9.17) is 4.74 Å². The largest absolute Gasteiger partial charge is 0.393 e. The molecule has 1 aliphatic rings. The summed E-state index contributed by atoms with van der Waals surface area (Å²) in [5, 5.41) is 9.42. The summed E-state index contributed by atoms with van der Waals surface area (Å²) in [5.74, 6) is 1.63. The molecule has 1 N–H and O–H groups in total. The van der Waals surface area contributed by atoms with Gasteiger partial charge in [-0.25, -0.2) is 0 Å². The van der Waals surface area contributed by atoms with Crippen molar-refractivity contribution in [1.82, 2.24) is 0 Å². The van der Waals surface area contributed by atoms with Crippen LogP contribution in [-0.4, -0.2) is 23.9 Å². The SMILES string of the molecule is CCC(O)CCCOC1CC(C)CC(C)C1. The quantitative estimate of drug-likeness (QED) is 0.706. The number of rotatable bonds is 6. The van der Waals surface area contributed by atoms with Crippen LogP contribution in [0, 0.1) is 11.8 Å². The molecule has 0 amide bonds. The Kier molecular flexibility index (Phi) is 6.37. The minimum Gasteiger partial charge on any atom is -0.393 e. The summed E-state index contributed by atoms with van der Waals surface area (Å²) in [6.07, 6.45) is 6.88. The van der Waals surface area contributed by atoms with Crippen molar-refractivity contribution in [2.45, 2.75) is 71.5 Å². The van der Waals surface area contributed by atoms with E-state index in [2.05, 4.69) is 13.8 Å². The van der Waals surface area contributed by atoms with Crippen molar-refractivity contribution in [1.29, 1.82) is 0 Å². The van der Waals surface area contributed by atoms with Gasteiger partial charge in [-0.2, -0.15) is 0 Å². The fourth-order valence-corrected chi connectivity index (χ4v) is 2.78. The Morgan fingerprint density at radius 3 is 2.38 bits per heavy atom. The molecule has 1 fully saturated rings. The summed E-state index contributed by atoms with van der Waals surface area (Å²) < 4.78 is 5.91. The number of hydrogen-bond donors (Lipinski definition) is 1. The standard InChI is InChI=1S/C14H28O2/c1-4-13(15)6-5-7-16-14-9-11(2)8-12(3)10-14/h11-15H,4-10H2,1-3H3. The first-order valence-electron chi connectivity index (χ1n) is 6.91. The molecule has 0 aromatic rings. The maximum Gasteiger partial charge on any atom is 0.0580 e. The van der Waals surface area contributed by atoms with Crippen LogP contribution >= 0.6 is 0 Å². The lowest BCUT2D eigenvalue weighted by Crippen LogP contribution is -2.26. The van der Waals surface area contributed by atoms with Crippen molar-refractivity contribution in [3.05, 3.63) is 0 Å². The summed E-state index contributed by atoms with van der Waals surface area (Å²) in [6.45, 7) is 7.50. The van der Waals surface area contributed by atoms with Crippen molar-refractivity contribution in [2.24, 2.45) is 11.8 Å². The van der Waals surface area contributed by atoms with E-state index >= 15 is 0 Å². The topological polar surface area (TPSA) is 29.5 Å². The zero-order valence-corrected chi connectivity index (χ0v) is 11.1. The maximum absolute atomic E-state index is 9.42. The molecule has 1 rings (SSSR count). The molecule has 0 aliphatic heterocycles. The van der Waals surface area contributed by atoms with E-state index in [0.29, 0.717) is 6.10 Å². The highest BCUT2D eigenvalue weighted by molar-refractivity contribution is 4.75. The van der Waals surface area contributed by atoms with Crippen molar-refractivity contribution in [3.8, 4) is 0 Å². The van der Waals surface area contributed by atoms with Gasteiger partial charge in [-0.3, -0.25) is 0 Å². The number of ether oxygens (including phenoxy) is 1. The summed E-state index contributed by atoms with van der Waals surface area (Å²) >= 11 is 0. The van der Waals surface area contributed by atoms with Crippen LogP contribution in [0.5, 0.6) is 0 Å². The van der Waals surface area contributed by atoms with E-state index in [1.165, 1.54) is 19.3 Å². The van der Waals surface area contributed by atoms with E-state index in [1.54, 1.807) is 0 Å². The van der Waals surface area contributed by atoms with Gasteiger partial charge >= 0.3 is 0 Å². The molecular weight excluding hydrogens is 200 g/mol. The predicted octanol–water partition coefficient (Wildman–Crippen LogP) is 3.38. The summed E-state index contributed by atoms with van der Waals surface area (Å²) in [4.78, 5) is 0. The average molecular weight is 228 g/mol. The molecule has 16 heavy (non-hydrogen) atoms. The molecule has 0 radical (unpaired) electrons. The van der Waals surface area contributed by atoms with Gasteiger partial charge in [-0.05, 0) is 50.4 Å². The molecule has 2 nitrogen and oxygen atoms in total. The zero-order chi connectivity index (χ0) is 12.0. The minimum atomic E-state index is -0.132. The second kappa shape index (κ2) is 7.29. The molecule has 0 aromatic heterocycles. The van der Waals surface area contributed by atoms with E-state index in [-0.39, 0.29) is 6.10 Å². The van der Waals surface area contributed by atoms with Gasteiger partial charge in [0.2, 0.25) is 0 Å². The van der Waals surface area contributed by atoms with Crippen LogP contribution in [0.4, 0.5) is 0 Å². The molecule has 0 heterocycles. The van der Waals surface area contributed by atoms with E-state index in [1.807, 2.05) is 6.92 Å². The molecule has 0 bridgehead atoms. The van der Waals surface area contributed by atoms with Crippen LogP contribution in [0.25, 0.3) is 0 Å². The van der Waals surface area contributed by atoms with Crippen LogP contribution < -0.4 is 0 Å². The van der Waals surface area contributed by atoms with Crippen molar-refractivity contribution in [2.75, 3.05) is 6.61 Å². The third kappa shape index (κ3) is 5.31. The third-order valence-electron chi connectivity index (χ3n) is 3.64. The second-order valence-corrected chi connectivity index (χ2v) is 5.61. The Balaban J connectivity index is 2.08. The number of aliphatic hydroxyl groups excluding tert-OH is 1. The Labute approximate surface area is 100 Å². The molecule has 3 atom stereocenters. The lowest BCUT2D eigenvalue weighted by atomic mass is 9.82. The van der Waals surface area contributed by atoms with Crippen LogP contribution in [0.3, 0.4) is 0 Å². The van der Waals surface area contributed by atoms with Gasteiger partial charge in [0.05, 0.1) is 12.2 Å². The van der Waals surface area contributed by atoms with E-state index in [0.717, 1.165) is 37.7 Å². The average Bonchev–Trinajstić information content (AvgIpc) is 2.22. The summed E-state index contributed by atoms with van der Waals surface area (Å²) in [5.41, 5.74) is 0. The van der Waals surface area contributed by atoms with Crippen molar-refractivity contribution < 1.29 is 9.84 Å². The Hall–Kier alpha value is -0.0800. The molecule has 0 saturated heterocycles. The fourth-order valence-electron chi connectivity index (χ4n) is 2.78. The molecule has 96 valence electrons. The second-order valence-electron chi connectivity index (χ2n) is 5.61. The van der Waals surface area contributed by atoms with Gasteiger partial charge in [0.1, 0.15) is 0 Å². The fraction of sp³-hybridized carbons (Fsp3) is 1.00. The third-order valence-corrected chi connectivity index (χ3v) is 3.64. The van der Waals surface area contributed by atoms with Gasteiger partial charge < -0.3 is 9.84 Å². The van der Waals surface area contributed by atoms with Crippen molar-refractivity contribution >= 4 is 0 Å². The highest BCUT2D eigenvalue weighted by atomic mass is 16.5. The Morgan fingerprint density at radius 2 is 1.81 bits per heavy atom. The zero-order valence-electron chi connectivity index (χ0n) is 11.1. The Morgan fingerprint density at radius 1 is 1.19 bits per heavy atom. The van der Waals surface area contributed by atoms with E-state index < -0.39 is 0 Å². The number of aliphatic hydroxyl groups is 1. The first-order valence-corrected chi connectivity index (χ1v) is 6.91. The smallest absolute Gasteiger partial charge is 0.0580 e. The first-order chi connectivity index (χ1) is 7.61. The van der Waals surface area contributed by atoms with Gasteiger partial charge in [0, 0.05) is 6.61 Å². The first kappa shape index (κ1) is 14.0. The Bertz CT molecular complexity index is 172. The monoisotopic (exact) mass is 228 g/mol. The molecule has 1 saturated carbocycles. The summed E-state index contributed by atoms with van der Waals surface area (Å²) in [6, 6.07) is 0. The van der Waals surface area contributed by atoms with Crippen LogP contribution in [0.1, 0.15) is 59.3 Å².